The molecule has 16 heavy (non-hydrogen) atoms. The molecule has 0 aliphatic heterocycles. The molecule has 3 nitrogen and oxygen atoms in total. The predicted molar refractivity (Wildman–Crippen MR) is 66.5 cm³/mol. The van der Waals surface area contributed by atoms with Crippen molar-refractivity contribution in [2.24, 2.45) is 11.8 Å². The lowest BCUT2D eigenvalue weighted by Gasteiger charge is -2.15. The van der Waals surface area contributed by atoms with Crippen LogP contribution in [0.25, 0.3) is 0 Å². The SMILES string of the molecule is COC(=O)C(C(C)=O)C(C)C#C[Si](C)(C)C. The molecule has 0 aliphatic rings. The first-order valence-electron chi connectivity index (χ1n) is 5.30. The normalized spacial score (nSPS) is 14.4. The van der Waals surface area contributed by atoms with Crippen molar-refractivity contribution >= 4 is 19.8 Å². The van der Waals surface area contributed by atoms with E-state index in [1.807, 2.05) is 0 Å². The number of methoxy groups -OCH3 is 1. The van der Waals surface area contributed by atoms with Crippen LogP contribution < -0.4 is 0 Å². The average molecular weight is 240 g/mol. The second-order valence-electron chi connectivity index (χ2n) is 4.92. The minimum atomic E-state index is -1.47. The zero-order valence-corrected chi connectivity index (χ0v) is 11.9. The second kappa shape index (κ2) is 5.85. The fourth-order valence-corrected chi connectivity index (χ4v) is 1.92. The van der Waals surface area contributed by atoms with E-state index in [9.17, 15) is 9.59 Å². The number of hydrogen-bond acceptors (Lipinski definition) is 3. The highest BCUT2D eigenvalue weighted by molar-refractivity contribution is 6.83. The Balaban J connectivity index is 4.88. The highest BCUT2D eigenvalue weighted by Crippen LogP contribution is 2.14. The van der Waals surface area contributed by atoms with E-state index in [0.717, 1.165) is 0 Å². The zero-order valence-electron chi connectivity index (χ0n) is 10.9. The summed E-state index contributed by atoms with van der Waals surface area (Å²) in [5.41, 5.74) is 3.16. The first-order chi connectivity index (χ1) is 7.19. The van der Waals surface area contributed by atoms with E-state index in [4.69, 9.17) is 0 Å². The third kappa shape index (κ3) is 5.13. The van der Waals surface area contributed by atoms with Gasteiger partial charge in [0.25, 0.3) is 0 Å². The van der Waals surface area contributed by atoms with Crippen LogP contribution in [0.2, 0.25) is 19.6 Å². The van der Waals surface area contributed by atoms with E-state index in [-0.39, 0.29) is 11.7 Å². The Morgan fingerprint density at radius 3 is 2.06 bits per heavy atom. The summed E-state index contributed by atoms with van der Waals surface area (Å²) >= 11 is 0. The summed E-state index contributed by atoms with van der Waals surface area (Å²) in [5, 5.41) is 0. The number of carbonyl (C=O) groups is 2. The molecule has 0 saturated heterocycles. The standard InChI is InChI=1S/C12H20O3Si/c1-9(7-8-16(4,5)6)11(10(2)13)12(14)15-3/h9,11H,1-6H3. The maximum absolute atomic E-state index is 11.4. The lowest BCUT2D eigenvalue weighted by atomic mass is 9.91. The number of ether oxygens (including phenoxy) is 1. The summed E-state index contributed by atoms with van der Waals surface area (Å²) in [7, 11) is -0.181. The van der Waals surface area contributed by atoms with Crippen molar-refractivity contribution in [1.29, 1.82) is 0 Å². The molecule has 0 aromatic heterocycles. The Kier molecular flexibility index (Phi) is 5.46. The van der Waals surface area contributed by atoms with Gasteiger partial charge in [0.1, 0.15) is 19.8 Å². The molecule has 2 unspecified atom stereocenters. The van der Waals surface area contributed by atoms with Crippen LogP contribution in [-0.4, -0.2) is 26.9 Å². The molecular weight excluding hydrogens is 220 g/mol. The minimum Gasteiger partial charge on any atom is -0.468 e. The number of carbonyl (C=O) groups excluding carboxylic acids is 2. The summed E-state index contributed by atoms with van der Waals surface area (Å²) in [6.07, 6.45) is 0. The molecule has 0 aromatic rings. The lowest BCUT2D eigenvalue weighted by molar-refractivity contribution is -0.150. The molecule has 0 aromatic carbocycles. The number of hydrogen-bond donors (Lipinski definition) is 0. The van der Waals surface area contributed by atoms with Gasteiger partial charge in [-0.1, -0.05) is 26.6 Å². The van der Waals surface area contributed by atoms with Gasteiger partial charge in [-0.3, -0.25) is 9.59 Å². The molecule has 0 heterocycles. The van der Waals surface area contributed by atoms with Crippen LogP contribution in [0.1, 0.15) is 13.8 Å². The molecule has 0 rings (SSSR count). The first kappa shape index (κ1) is 14.9. The molecule has 0 aliphatic carbocycles. The molecule has 90 valence electrons. The van der Waals surface area contributed by atoms with Crippen molar-refractivity contribution in [3.05, 3.63) is 0 Å². The number of rotatable bonds is 3. The van der Waals surface area contributed by atoms with Crippen LogP contribution in [0.5, 0.6) is 0 Å². The molecular formula is C12H20O3Si. The van der Waals surface area contributed by atoms with Gasteiger partial charge in [-0.25, -0.2) is 0 Å². The smallest absolute Gasteiger partial charge is 0.317 e. The molecule has 4 heteroatoms. The summed E-state index contributed by atoms with van der Waals surface area (Å²) in [6.45, 7) is 9.54. The van der Waals surface area contributed by atoms with Crippen LogP contribution in [0.15, 0.2) is 0 Å². The van der Waals surface area contributed by atoms with Gasteiger partial charge in [-0.05, 0) is 6.92 Å². The summed E-state index contributed by atoms with van der Waals surface area (Å²) in [4.78, 5) is 22.8. The average Bonchev–Trinajstić information content (AvgIpc) is 2.13. The van der Waals surface area contributed by atoms with E-state index in [2.05, 4.69) is 35.8 Å². The first-order valence-corrected chi connectivity index (χ1v) is 8.80. The molecule has 0 radical (unpaired) electrons. The minimum absolute atomic E-state index is 0.191. The summed E-state index contributed by atoms with van der Waals surface area (Å²) in [5.74, 6) is 1.29. The molecule has 0 spiro atoms. The van der Waals surface area contributed by atoms with Crippen molar-refractivity contribution in [2.75, 3.05) is 7.11 Å². The van der Waals surface area contributed by atoms with Crippen molar-refractivity contribution in [3.63, 3.8) is 0 Å². The lowest BCUT2D eigenvalue weighted by Crippen LogP contribution is -2.29. The van der Waals surface area contributed by atoms with Crippen molar-refractivity contribution in [2.45, 2.75) is 33.5 Å². The monoisotopic (exact) mass is 240 g/mol. The van der Waals surface area contributed by atoms with Gasteiger partial charge < -0.3 is 4.74 Å². The Morgan fingerprint density at radius 2 is 1.75 bits per heavy atom. The van der Waals surface area contributed by atoms with E-state index in [1.54, 1.807) is 6.92 Å². The zero-order chi connectivity index (χ0) is 12.9. The molecule has 2 atom stereocenters. The molecule has 0 amide bonds. The third-order valence-corrected chi connectivity index (χ3v) is 2.96. The largest absolute Gasteiger partial charge is 0.468 e. The molecule has 0 N–H and O–H groups in total. The van der Waals surface area contributed by atoms with E-state index in [1.165, 1.54) is 14.0 Å². The summed E-state index contributed by atoms with van der Waals surface area (Å²) in [6, 6.07) is 0. The fraction of sp³-hybridized carbons (Fsp3) is 0.667. The second-order valence-corrected chi connectivity index (χ2v) is 9.67. The topological polar surface area (TPSA) is 43.4 Å². The van der Waals surface area contributed by atoms with Gasteiger partial charge in [0.05, 0.1) is 7.11 Å². The van der Waals surface area contributed by atoms with Crippen molar-refractivity contribution in [1.82, 2.24) is 0 Å². The van der Waals surface area contributed by atoms with Crippen molar-refractivity contribution in [3.8, 4) is 11.5 Å². The van der Waals surface area contributed by atoms with Crippen molar-refractivity contribution < 1.29 is 14.3 Å². The fourth-order valence-electron chi connectivity index (χ4n) is 1.26. The predicted octanol–water partition coefficient (Wildman–Crippen LogP) is 1.88. The highest BCUT2D eigenvalue weighted by atomic mass is 28.3. The number of Topliss-reactive ketones (excluding diaryl/α,β-unsaturated/α-hetero) is 1. The van der Waals surface area contributed by atoms with Crippen LogP contribution in [0.3, 0.4) is 0 Å². The van der Waals surface area contributed by atoms with E-state index in [0.29, 0.717) is 0 Å². The van der Waals surface area contributed by atoms with Gasteiger partial charge in [0.15, 0.2) is 0 Å². The van der Waals surface area contributed by atoms with Crippen LogP contribution in [0.4, 0.5) is 0 Å². The Morgan fingerprint density at radius 1 is 1.25 bits per heavy atom. The van der Waals surface area contributed by atoms with Gasteiger partial charge in [0, 0.05) is 5.92 Å². The van der Waals surface area contributed by atoms with Gasteiger partial charge >= 0.3 is 5.97 Å². The molecule has 0 fully saturated rings. The van der Waals surface area contributed by atoms with Gasteiger partial charge in [-0.15, -0.1) is 11.5 Å². The number of esters is 1. The highest BCUT2D eigenvalue weighted by Gasteiger charge is 2.29. The van der Waals surface area contributed by atoms with Crippen LogP contribution >= 0.6 is 0 Å². The van der Waals surface area contributed by atoms with E-state index < -0.39 is 20.0 Å². The van der Waals surface area contributed by atoms with Gasteiger partial charge in [-0.2, -0.15) is 0 Å². The molecule has 0 bridgehead atoms. The number of ketones is 1. The maximum atomic E-state index is 11.4. The van der Waals surface area contributed by atoms with E-state index >= 15 is 0 Å². The van der Waals surface area contributed by atoms with Gasteiger partial charge in [0.2, 0.25) is 0 Å². The Labute approximate surface area is 98.6 Å². The summed E-state index contributed by atoms with van der Waals surface area (Å²) < 4.78 is 4.61. The quantitative estimate of drug-likeness (QED) is 0.327. The maximum Gasteiger partial charge on any atom is 0.317 e. The third-order valence-electron chi connectivity index (χ3n) is 2.07. The van der Waals surface area contributed by atoms with Crippen LogP contribution in [-0.2, 0) is 14.3 Å². The molecule has 0 saturated carbocycles. The Bertz CT molecular complexity index is 330. The Hall–Kier alpha value is -1.08. The van der Waals surface area contributed by atoms with Crippen LogP contribution in [0, 0.1) is 23.3 Å².